The average Bonchev–Trinajstić information content (AvgIpc) is 2.14. The Labute approximate surface area is 78.6 Å². The van der Waals surface area contributed by atoms with E-state index in [1.807, 2.05) is 0 Å². The highest BCUT2D eigenvalue weighted by molar-refractivity contribution is 5.81. The van der Waals surface area contributed by atoms with Crippen LogP contribution >= 0.6 is 0 Å². The van der Waals surface area contributed by atoms with Gasteiger partial charge in [-0.05, 0) is 6.42 Å². The molecule has 0 heterocycles. The summed E-state index contributed by atoms with van der Waals surface area (Å²) in [7, 11) is 1.32. The Morgan fingerprint density at radius 2 is 2.00 bits per heavy atom. The molecule has 0 radical (unpaired) electrons. The molecule has 0 aromatic carbocycles. The molecule has 76 valence electrons. The number of hydrogen-bond acceptors (Lipinski definition) is 3. The van der Waals surface area contributed by atoms with E-state index in [2.05, 4.69) is 17.0 Å². The molecule has 0 saturated carbocycles. The Morgan fingerprint density at radius 1 is 1.31 bits per heavy atom. The molecule has 0 aliphatic rings. The zero-order valence-corrected chi connectivity index (χ0v) is 8.26. The third-order valence-electron chi connectivity index (χ3n) is 1.64. The fourth-order valence-electron chi connectivity index (χ4n) is 0.811. The highest BCUT2D eigenvalue weighted by atomic mass is 16.5. The standard InChI is InChI=1S/C9H17NO3/c1-3-4-7-10-8(11)5-6-9(12)13-2/h3-7H2,1-2H3,(H,10,11). The Morgan fingerprint density at radius 3 is 2.54 bits per heavy atom. The monoisotopic (exact) mass is 187 g/mol. The van der Waals surface area contributed by atoms with Gasteiger partial charge in [-0.2, -0.15) is 0 Å². The molecule has 0 atom stereocenters. The van der Waals surface area contributed by atoms with Crippen molar-refractivity contribution in [2.24, 2.45) is 0 Å². The van der Waals surface area contributed by atoms with Crippen LogP contribution in [0.15, 0.2) is 0 Å². The van der Waals surface area contributed by atoms with Crippen molar-refractivity contribution in [1.29, 1.82) is 0 Å². The maximum Gasteiger partial charge on any atom is 0.306 e. The number of unbranched alkanes of at least 4 members (excludes halogenated alkanes) is 1. The van der Waals surface area contributed by atoms with Gasteiger partial charge in [0, 0.05) is 13.0 Å². The summed E-state index contributed by atoms with van der Waals surface area (Å²) in [6.45, 7) is 2.75. The topological polar surface area (TPSA) is 55.4 Å². The number of carbonyl (C=O) groups is 2. The number of methoxy groups -OCH3 is 1. The lowest BCUT2D eigenvalue weighted by molar-refractivity contribution is -0.142. The van der Waals surface area contributed by atoms with Gasteiger partial charge in [-0.25, -0.2) is 0 Å². The lowest BCUT2D eigenvalue weighted by Gasteiger charge is -2.02. The number of hydrogen-bond donors (Lipinski definition) is 1. The average molecular weight is 187 g/mol. The van der Waals surface area contributed by atoms with E-state index in [1.54, 1.807) is 0 Å². The number of nitrogens with one attached hydrogen (secondary N) is 1. The summed E-state index contributed by atoms with van der Waals surface area (Å²) in [6.07, 6.45) is 2.41. The van der Waals surface area contributed by atoms with Crippen LogP contribution in [0.2, 0.25) is 0 Å². The first-order chi connectivity index (χ1) is 6.20. The van der Waals surface area contributed by atoms with E-state index < -0.39 is 0 Å². The predicted octanol–water partition coefficient (Wildman–Crippen LogP) is 0.856. The highest BCUT2D eigenvalue weighted by Crippen LogP contribution is 1.92. The summed E-state index contributed by atoms with van der Waals surface area (Å²) in [5.74, 6) is -0.426. The Hall–Kier alpha value is -1.06. The highest BCUT2D eigenvalue weighted by Gasteiger charge is 2.05. The van der Waals surface area contributed by atoms with E-state index in [4.69, 9.17) is 0 Å². The number of esters is 1. The van der Waals surface area contributed by atoms with Crippen molar-refractivity contribution < 1.29 is 14.3 Å². The maximum absolute atomic E-state index is 11.0. The van der Waals surface area contributed by atoms with Crippen LogP contribution in [-0.4, -0.2) is 25.5 Å². The molecule has 0 fully saturated rings. The number of amides is 1. The van der Waals surface area contributed by atoms with Crippen LogP contribution < -0.4 is 5.32 Å². The molecule has 0 bridgehead atoms. The lowest BCUT2D eigenvalue weighted by Crippen LogP contribution is -2.24. The van der Waals surface area contributed by atoms with Gasteiger partial charge >= 0.3 is 5.97 Å². The van der Waals surface area contributed by atoms with E-state index in [0.29, 0.717) is 6.54 Å². The maximum atomic E-state index is 11.0. The zero-order chi connectivity index (χ0) is 10.1. The molecule has 4 heteroatoms. The minimum Gasteiger partial charge on any atom is -0.469 e. The second kappa shape index (κ2) is 7.58. The molecule has 0 spiro atoms. The van der Waals surface area contributed by atoms with Gasteiger partial charge in [-0.15, -0.1) is 0 Å². The summed E-state index contributed by atoms with van der Waals surface area (Å²) in [5, 5.41) is 2.72. The molecule has 13 heavy (non-hydrogen) atoms. The molecule has 0 aromatic rings. The summed E-state index contributed by atoms with van der Waals surface area (Å²) in [6, 6.07) is 0. The van der Waals surface area contributed by atoms with Crippen LogP contribution in [0.25, 0.3) is 0 Å². The van der Waals surface area contributed by atoms with Crippen molar-refractivity contribution in [3.05, 3.63) is 0 Å². The van der Waals surface area contributed by atoms with Gasteiger partial charge in [-0.3, -0.25) is 9.59 Å². The molecule has 1 amide bonds. The van der Waals surface area contributed by atoms with Crippen LogP contribution in [0, 0.1) is 0 Å². The SMILES string of the molecule is CCCCNC(=O)CCC(=O)OC. The van der Waals surface area contributed by atoms with Gasteiger partial charge in [0.05, 0.1) is 13.5 Å². The number of rotatable bonds is 6. The van der Waals surface area contributed by atoms with Crippen molar-refractivity contribution in [2.45, 2.75) is 32.6 Å². The molecule has 0 saturated heterocycles. The van der Waals surface area contributed by atoms with E-state index >= 15 is 0 Å². The summed E-state index contributed by atoms with van der Waals surface area (Å²) < 4.78 is 4.41. The molecule has 0 unspecified atom stereocenters. The molecule has 4 nitrogen and oxygen atoms in total. The minimum atomic E-state index is -0.342. The molecule has 1 N–H and O–H groups in total. The summed E-state index contributed by atoms with van der Waals surface area (Å²) in [4.78, 5) is 21.7. The zero-order valence-electron chi connectivity index (χ0n) is 8.26. The molecular formula is C9H17NO3. The molecular weight excluding hydrogens is 170 g/mol. The van der Waals surface area contributed by atoms with Crippen molar-refractivity contribution in [3.8, 4) is 0 Å². The van der Waals surface area contributed by atoms with E-state index in [1.165, 1.54) is 7.11 Å². The van der Waals surface area contributed by atoms with Crippen LogP contribution in [-0.2, 0) is 14.3 Å². The normalized spacial score (nSPS) is 9.38. The van der Waals surface area contributed by atoms with Gasteiger partial charge in [-0.1, -0.05) is 13.3 Å². The first-order valence-corrected chi connectivity index (χ1v) is 4.54. The van der Waals surface area contributed by atoms with Crippen molar-refractivity contribution >= 4 is 11.9 Å². The molecule has 0 rings (SSSR count). The van der Waals surface area contributed by atoms with Gasteiger partial charge in [0.15, 0.2) is 0 Å². The molecule has 0 aliphatic carbocycles. The second-order valence-corrected chi connectivity index (χ2v) is 2.78. The summed E-state index contributed by atoms with van der Waals surface area (Å²) in [5.41, 5.74) is 0. The van der Waals surface area contributed by atoms with Crippen LogP contribution in [0.1, 0.15) is 32.6 Å². The third kappa shape index (κ3) is 7.31. The van der Waals surface area contributed by atoms with E-state index in [0.717, 1.165) is 12.8 Å². The van der Waals surface area contributed by atoms with Crippen LogP contribution in [0.5, 0.6) is 0 Å². The first kappa shape index (κ1) is 11.9. The van der Waals surface area contributed by atoms with Crippen molar-refractivity contribution in [2.75, 3.05) is 13.7 Å². The van der Waals surface area contributed by atoms with Crippen molar-refractivity contribution in [3.63, 3.8) is 0 Å². The summed E-state index contributed by atoms with van der Waals surface area (Å²) >= 11 is 0. The fourth-order valence-corrected chi connectivity index (χ4v) is 0.811. The smallest absolute Gasteiger partial charge is 0.306 e. The largest absolute Gasteiger partial charge is 0.469 e. The number of carbonyl (C=O) groups excluding carboxylic acids is 2. The fraction of sp³-hybridized carbons (Fsp3) is 0.778. The van der Waals surface area contributed by atoms with Crippen LogP contribution in [0.4, 0.5) is 0 Å². The Balaban J connectivity index is 3.35. The second-order valence-electron chi connectivity index (χ2n) is 2.78. The Kier molecular flexibility index (Phi) is 6.96. The van der Waals surface area contributed by atoms with E-state index in [9.17, 15) is 9.59 Å². The lowest BCUT2D eigenvalue weighted by atomic mass is 10.3. The van der Waals surface area contributed by atoms with Crippen molar-refractivity contribution in [1.82, 2.24) is 5.32 Å². The molecule has 0 aromatic heterocycles. The molecule has 0 aliphatic heterocycles. The predicted molar refractivity (Wildman–Crippen MR) is 49.2 cm³/mol. The van der Waals surface area contributed by atoms with Gasteiger partial charge in [0.2, 0.25) is 5.91 Å². The van der Waals surface area contributed by atoms with Gasteiger partial charge < -0.3 is 10.1 Å². The third-order valence-corrected chi connectivity index (χ3v) is 1.64. The van der Waals surface area contributed by atoms with E-state index in [-0.39, 0.29) is 24.7 Å². The first-order valence-electron chi connectivity index (χ1n) is 4.54. The number of ether oxygens (including phenoxy) is 1. The van der Waals surface area contributed by atoms with Gasteiger partial charge in [0.25, 0.3) is 0 Å². The van der Waals surface area contributed by atoms with Crippen LogP contribution in [0.3, 0.4) is 0 Å². The minimum absolute atomic E-state index is 0.0844. The van der Waals surface area contributed by atoms with Gasteiger partial charge in [0.1, 0.15) is 0 Å². The quantitative estimate of drug-likeness (QED) is 0.495. The Bertz CT molecular complexity index is 168.